The maximum atomic E-state index is 12.8. The minimum atomic E-state index is -1.22. The summed E-state index contributed by atoms with van der Waals surface area (Å²) in [6.07, 6.45) is 3.13. The molecule has 1 heterocycles. The van der Waals surface area contributed by atoms with Crippen molar-refractivity contribution in [3.05, 3.63) is 0 Å². The van der Waals surface area contributed by atoms with Gasteiger partial charge in [0.2, 0.25) is 5.91 Å². The average Bonchev–Trinajstić information content (AvgIpc) is 2.46. The van der Waals surface area contributed by atoms with Gasteiger partial charge in [0.05, 0.1) is 7.11 Å². The van der Waals surface area contributed by atoms with E-state index in [0.717, 1.165) is 30.6 Å². The van der Waals surface area contributed by atoms with E-state index in [-0.39, 0.29) is 5.11 Å². The summed E-state index contributed by atoms with van der Waals surface area (Å²) >= 11 is 4.92. The van der Waals surface area contributed by atoms with Crippen molar-refractivity contribution in [2.24, 2.45) is 5.41 Å². The molecule has 0 atom stereocenters. The Labute approximate surface area is 130 Å². The normalized spacial score (nSPS) is 17.7. The molecule has 1 saturated heterocycles. The fraction of sp³-hybridized carbons (Fsp3) is 0.714. The van der Waals surface area contributed by atoms with E-state index in [1.54, 1.807) is 0 Å². The number of unbranched alkanes of at least 4 members (excludes halogenated alkanes) is 2. The lowest BCUT2D eigenvalue weighted by molar-refractivity contribution is -0.150. The second kappa shape index (κ2) is 7.49. The molecule has 3 amide bonds. The van der Waals surface area contributed by atoms with Crippen molar-refractivity contribution in [3.8, 4) is 0 Å². The Morgan fingerprint density at radius 3 is 2.19 bits per heavy atom. The van der Waals surface area contributed by atoms with Gasteiger partial charge in [0.25, 0.3) is 5.91 Å². The summed E-state index contributed by atoms with van der Waals surface area (Å²) in [5.41, 5.74) is -1.22. The summed E-state index contributed by atoms with van der Waals surface area (Å²) in [6.45, 7) is 3.98. The van der Waals surface area contributed by atoms with Gasteiger partial charge in [-0.2, -0.15) is 4.90 Å². The SMILES string of the molecule is CCCCC1(CCCC)C(=O)NC(=S)N(C(=O)OC)C1=O. The number of nitrogens with zero attached hydrogens (tertiary/aromatic N) is 1. The maximum absolute atomic E-state index is 12.8. The lowest BCUT2D eigenvalue weighted by atomic mass is 9.75. The molecular weight excluding hydrogens is 292 g/mol. The van der Waals surface area contributed by atoms with Crippen LogP contribution >= 0.6 is 12.2 Å². The number of methoxy groups -OCH3 is 1. The van der Waals surface area contributed by atoms with Gasteiger partial charge in [-0.1, -0.05) is 39.5 Å². The van der Waals surface area contributed by atoms with Crippen LogP contribution in [-0.2, 0) is 14.3 Å². The number of hydrogen-bond acceptors (Lipinski definition) is 5. The number of ether oxygens (including phenoxy) is 1. The molecule has 0 spiro atoms. The summed E-state index contributed by atoms with van der Waals surface area (Å²) in [4.78, 5) is 37.7. The predicted octanol–water partition coefficient (Wildman–Crippen LogP) is 2.36. The first-order valence-corrected chi connectivity index (χ1v) is 7.63. The van der Waals surface area contributed by atoms with Crippen LogP contribution in [0, 0.1) is 5.41 Å². The number of imide groups is 1. The highest BCUT2D eigenvalue weighted by Gasteiger charge is 2.53. The second-order valence-electron chi connectivity index (χ2n) is 5.16. The highest BCUT2D eigenvalue weighted by Crippen LogP contribution is 2.36. The van der Waals surface area contributed by atoms with E-state index in [1.807, 2.05) is 13.8 Å². The van der Waals surface area contributed by atoms with E-state index in [2.05, 4.69) is 10.1 Å². The van der Waals surface area contributed by atoms with Crippen molar-refractivity contribution in [3.63, 3.8) is 0 Å². The topological polar surface area (TPSA) is 75.7 Å². The van der Waals surface area contributed by atoms with Crippen molar-refractivity contribution in [2.75, 3.05) is 7.11 Å². The Bertz CT molecular complexity index is 442. The molecule has 1 rings (SSSR count). The van der Waals surface area contributed by atoms with E-state index in [0.29, 0.717) is 12.8 Å². The number of amides is 3. The first kappa shape index (κ1) is 17.6. The lowest BCUT2D eigenvalue weighted by Gasteiger charge is -2.39. The first-order chi connectivity index (χ1) is 9.94. The van der Waals surface area contributed by atoms with E-state index in [1.165, 1.54) is 7.11 Å². The van der Waals surface area contributed by atoms with Crippen molar-refractivity contribution in [1.29, 1.82) is 0 Å². The first-order valence-electron chi connectivity index (χ1n) is 7.22. The van der Waals surface area contributed by atoms with Crippen LogP contribution in [-0.4, -0.2) is 35.0 Å². The Morgan fingerprint density at radius 1 is 1.24 bits per heavy atom. The lowest BCUT2D eigenvalue weighted by Crippen LogP contribution is -2.65. The maximum Gasteiger partial charge on any atom is 0.422 e. The van der Waals surface area contributed by atoms with E-state index in [9.17, 15) is 14.4 Å². The summed E-state index contributed by atoms with van der Waals surface area (Å²) < 4.78 is 4.60. The van der Waals surface area contributed by atoms with Crippen LogP contribution in [0.5, 0.6) is 0 Å². The van der Waals surface area contributed by atoms with Gasteiger partial charge in [-0.25, -0.2) is 4.79 Å². The quantitative estimate of drug-likeness (QED) is 0.601. The van der Waals surface area contributed by atoms with Gasteiger partial charge >= 0.3 is 6.09 Å². The molecule has 1 aliphatic rings. The van der Waals surface area contributed by atoms with Crippen LogP contribution in [0.4, 0.5) is 4.79 Å². The summed E-state index contributed by atoms with van der Waals surface area (Å²) in [5.74, 6) is -0.968. The third kappa shape index (κ3) is 3.40. The third-order valence-electron chi connectivity index (χ3n) is 3.74. The zero-order valence-corrected chi connectivity index (χ0v) is 13.5. The van der Waals surface area contributed by atoms with Crippen LogP contribution in [0.2, 0.25) is 0 Å². The molecule has 0 unspecified atom stereocenters. The fourth-order valence-electron chi connectivity index (χ4n) is 2.46. The molecule has 1 N–H and O–H groups in total. The second-order valence-corrected chi connectivity index (χ2v) is 5.55. The third-order valence-corrected chi connectivity index (χ3v) is 4.03. The Morgan fingerprint density at radius 2 is 1.76 bits per heavy atom. The van der Waals surface area contributed by atoms with Crippen molar-refractivity contribution in [2.45, 2.75) is 52.4 Å². The minimum absolute atomic E-state index is 0.208. The van der Waals surface area contributed by atoms with Gasteiger partial charge in [0.1, 0.15) is 5.41 Å². The van der Waals surface area contributed by atoms with E-state index < -0.39 is 23.3 Å². The zero-order chi connectivity index (χ0) is 16.0. The van der Waals surface area contributed by atoms with E-state index in [4.69, 9.17) is 12.2 Å². The number of nitrogens with one attached hydrogen (secondary N) is 1. The van der Waals surface area contributed by atoms with Gasteiger partial charge in [0, 0.05) is 0 Å². The van der Waals surface area contributed by atoms with Gasteiger partial charge in [0.15, 0.2) is 5.11 Å². The zero-order valence-electron chi connectivity index (χ0n) is 12.7. The highest BCUT2D eigenvalue weighted by atomic mass is 32.1. The fourth-order valence-corrected chi connectivity index (χ4v) is 2.71. The number of carbonyl (C=O) groups is 3. The molecule has 6 nitrogen and oxygen atoms in total. The minimum Gasteiger partial charge on any atom is -0.452 e. The summed E-state index contributed by atoms with van der Waals surface area (Å²) in [5, 5.41) is 2.27. The highest BCUT2D eigenvalue weighted by molar-refractivity contribution is 7.80. The smallest absolute Gasteiger partial charge is 0.422 e. The monoisotopic (exact) mass is 314 g/mol. The number of rotatable bonds is 6. The van der Waals surface area contributed by atoms with Gasteiger partial charge < -0.3 is 10.1 Å². The molecule has 0 radical (unpaired) electrons. The molecule has 7 heteroatoms. The van der Waals surface area contributed by atoms with E-state index >= 15 is 0 Å². The Kier molecular flexibility index (Phi) is 6.26. The van der Waals surface area contributed by atoms with Crippen LogP contribution in [0.25, 0.3) is 0 Å². The largest absolute Gasteiger partial charge is 0.452 e. The molecule has 1 fully saturated rings. The average molecular weight is 314 g/mol. The molecule has 0 aromatic heterocycles. The molecule has 0 aromatic carbocycles. The molecule has 0 bridgehead atoms. The van der Waals surface area contributed by atoms with Crippen LogP contribution in [0.1, 0.15) is 52.4 Å². The molecular formula is C14H22N2O4S. The Balaban J connectivity index is 3.17. The molecule has 1 aliphatic heterocycles. The van der Waals surface area contributed by atoms with Crippen LogP contribution in [0.3, 0.4) is 0 Å². The van der Waals surface area contributed by atoms with Gasteiger partial charge in [-0.05, 0) is 25.1 Å². The Hall–Kier alpha value is -1.50. The number of thiocarbonyl (C=S) groups is 1. The summed E-state index contributed by atoms with van der Waals surface area (Å²) in [7, 11) is 1.18. The summed E-state index contributed by atoms with van der Waals surface area (Å²) in [6, 6.07) is 0. The predicted molar refractivity (Wildman–Crippen MR) is 81.5 cm³/mol. The van der Waals surface area contributed by atoms with Gasteiger partial charge in [-0.15, -0.1) is 0 Å². The van der Waals surface area contributed by atoms with Crippen molar-refractivity contribution < 1.29 is 19.1 Å². The molecule has 0 aromatic rings. The van der Waals surface area contributed by atoms with Crippen molar-refractivity contribution >= 4 is 35.2 Å². The van der Waals surface area contributed by atoms with Crippen LogP contribution < -0.4 is 5.32 Å². The molecule has 0 aliphatic carbocycles. The number of carbonyl (C=O) groups excluding carboxylic acids is 3. The molecule has 0 saturated carbocycles. The molecule has 21 heavy (non-hydrogen) atoms. The van der Waals surface area contributed by atoms with Crippen molar-refractivity contribution in [1.82, 2.24) is 10.2 Å². The van der Waals surface area contributed by atoms with Crippen LogP contribution in [0.15, 0.2) is 0 Å². The van der Waals surface area contributed by atoms with Gasteiger partial charge in [-0.3, -0.25) is 9.59 Å². The standard InChI is InChI=1S/C14H22N2O4S/c1-4-6-8-14(9-7-5-2)10(17)15-12(21)16(11(14)18)13(19)20-3/h4-9H2,1-3H3,(H,15,17,21). The molecule has 118 valence electrons. The number of hydrogen-bond donors (Lipinski definition) is 1.